The standard InChI is InChI=1S/C21H28N2O6/c1-14-9-22(10-15(2)29-14)11-16-5-7-17(8-6-16)23-13-28-12-18(20(24)26-3)19(23)21(25)27-4/h5-8,14-15H,9-13H2,1-4H3. The van der Waals surface area contributed by atoms with Gasteiger partial charge in [0, 0.05) is 25.3 Å². The fraction of sp³-hybridized carbons (Fsp3) is 0.524. The Morgan fingerprint density at radius 1 is 1.03 bits per heavy atom. The van der Waals surface area contributed by atoms with E-state index in [1.54, 1.807) is 4.90 Å². The molecule has 2 aliphatic rings. The lowest BCUT2D eigenvalue weighted by Gasteiger charge is -2.35. The molecule has 8 nitrogen and oxygen atoms in total. The van der Waals surface area contributed by atoms with Gasteiger partial charge in [-0.15, -0.1) is 0 Å². The molecule has 1 fully saturated rings. The van der Waals surface area contributed by atoms with Crippen molar-refractivity contribution >= 4 is 17.6 Å². The number of ether oxygens (including phenoxy) is 4. The molecule has 0 saturated carbocycles. The van der Waals surface area contributed by atoms with E-state index in [2.05, 4.69) is 18.7 Å². The summed E-state index contributed by atoms with van der Waals surface area (Å²) >= 11 is 0. The van der Waals surface area contributed by atoms with Crippen LogP contribution in [0.2, 0.25) is 0 Å². The maximum absolute atomic E-state index is 12.4. The summed E-state index contributed by atoms with van der Waals surface area (Å²) in [6.07, 6.45) is 0.432. The van der Waals surface area contributed by atoms with E-state index in [0.717, 1.165) is 30.9 Å². The smallest absolute Gasteiger partial charge is 0.355 e. The Balaban J connectivity index is 1.80. The Labute approximate surface area is 171 Å². The Kier molecular flexibility index (Phi) is 6.89. The van der Waals surface area contributed by atoms with Crippen LogP contribution in [0.3, 0.4) is 0 Å². The highest BCUT2D eigenvalue weighted by Gasteiger charge is 2.32. The van der Waals surface area contributed by atoms with Crippen molar-refractivity contribution in [3.63, 3.8) is 0 Å². The number of hydrogen-bond donors (Lipinski definition) is 0. The number of methoxy groups -OCH3 is 2. The van der Waals surface area contributed by atoms with E-state index in [0.29, 0.717) is 0 Å². The van der Waals surface area contributed by atoms with Crippen molar-refractivity contribution in [3.8, 4) is 0 Å². The molecular formula is C21H28N2O6. The van der Waals surface area contributed by atoms with Gasteiger partial charge in [0.1, 0.15) is 12.4 Å². The molecule has 8 heteroatoms. The van der Waals surface area contributed by atoms with E-state index in [-0.39, 0.29) is 36.8 Å². The third kappa shape index (κ3) is 4.95. The summed E-state index contributed by atoms with van der Waals surface area (Å²) in [5.74, 6) is -1.21. The number of rotatable bonds is 5. The van der Waals surface area contributed by atoms with Crippen molar-refractivity contribution in [2.24, 2.45) is 0 Å². The van der Waals surface area contributed by atoms with E-state index >= 15 is 0 Å². The topological polar surface area (TPSA) is 77.5 Å². The molecule has 1 saturated heterocycles. The third-order valence-corrected chi connectivity index (χ3v) is 4.98. The summed E-state index contributed by atoms with van der Waals surface area (Å²) in [4.78, 5) is 28.5. The fourth-order valence-electron chi connectivity index (χ4n) is 3.80. The first-order valence-electron chi connectivity index (χ1n) is 9.64. The lowest BCUT2D eigenvalue weighted by molar-refractivity contribution is -0.140. The van der Waals surface area contributed by atoms with Crippen LogP contribution in [0.15, 0.2) is 35.5 Å². The Hall–Kier alpha value is -2.42. The van der Waals surface area contributed by atoms with Gasteiger partial charge in [-0.3, -0.25) is 4.90 Å². The first kappa shape index (κ1) is 21.3. The van der Waals surface area contributed by atoms with Crippen LogP contribution in [0.4, 0.5) is 5.69 Å². The molecule has 158 valence electrons. The summed E-state index contributed by atoms with van der Waals surface area (Å²) in [5, 5.41) is 0. The van der Waals surface area contributed by atoms with Gasteiger partial charge < -0.3 is 23.8 Å². The van der Waals surface area contributed by atoms with Gasteiger partial charge in [0.25, 0.3) is 0 Å². The van der Waals surface area contributed by atoms with Crippen LogP contribution in [0, 0.1) is 0 Å². The Morgan fingerprint density at radius 2 is 1.66 bits per heavy atom. The normalized spacial score (nSPS) is 23.1. The maximum Gasteiger partial charge on any atom is 0.355 e. The summed E-state index contributed by atoms with van der Waals surface area (Å²) in [6, 6.07) is 7.85. The molecule has 0 aliphatic carbocycles. The van der Waals surface area contributed by atoms with Gasteiger partial charge in [0.05, 0.1) is 38.6 Å². The molecule has 0 radical (unpaired) electrons. The second-order valence-electron chi connectivity index (χ2n) is 7.33. The number of morpholine rings is 1. The van der Waals surface area contributed by atoms with Crippen LogP contribution in [0.25, 0.3) is 0 Å². The first-order valence-corrected chi connectivity index (χ1v) is 9.64. The molecule has 0 aromatic heterocycles. The van der Waals surface area contributed by atoms with Crippen molar-refractivity contribution in [2.45, 2.75) is 32.6 Å². The quantitative estimate of drug-likeness (QED) is 0.687. The number of benzene rings is 1. The van der Waals surface area contributed by atoms with Gasteiger partial charge in [-0.1, -0.05) is 12.1 Å². The first-order chi connectivity index (χ1) is 13.9. The predicted molar refractivity (Wildman–Crippen MR) is 106 cm³/mol. The van der Waals surface area contributed by atoms with E-state index < -0.39 is 11.9 Å². The van der Waals surface area contributed by atoms with Gasteiger partial charge in [0.2, 0.25) is 0 Å². The van der Waals surface area contributed by atoms with Crippen molar-refractivity contribution in [1.82, 2.24) is 4.90 Å². The number of carbonyl (C=O) groups excluding carboxylic acids is 2. The molecule has 2 heterocycles. The number of hydrogen-bond acceptors (Lipinski definition) is 8. The van der Waals surface area contributed by atoms with Crippen LogP contribution >= 0.6 is 0 Å². The van der Waals surface area contributed by atoms with Gasteiger partial charge in [0.15, 0.2) is 0 Å². The average Bonchev–Trinajstić information content (AvgIpc) is 2.72. The monoisotopic (exact) mass is 404 g/mol. The molecule has 2 unspecified atom stereocenters. The SMILES string of the molecule is COC(=O)C1=C(C(=O)OC)N(c2ccc(CN3CC(C)OC(C)C3)cc2)COC1. The van der Waals surface area contributed by atoms with E-state index in [1.807, 2.05) is 24.3 Å². The molecule has 3 rings (SSSR count). The molecule has 2 aliphatic heterocycles. The molecule has 0 N–H and O–H groups in total. The van der Waals surface area contributed by atoms with Crippen molar-refractivity contribution < 1.29 is 28.5 Å². The lowest BCUT2D eigenvalue weighted by atomic mass is 10.1. The average molecular weight is 404 g/mol. The highest BCUT2D eigenvalue weighted by atomic mass is 16.5. The van der Waals surface area contributed by atoms with Gasteiger partial charge in [-0.2, -0.15) is 0 Å². The Morgan fingerprint density at radius 3 is 2.24 bits per heavy atom. The minimum absolute atomic E-state index is 0.000903. The zero-order valence-corrected chi connectivity index (χ0v) is 17.3. The minimum atomic E-state index is -0.609. The second-order valence-corrected chi connectivity index (χ2v) is 7.33. The van der Waals surface area contributed by atoms with E-state index in [4.69, 9.17) is 18.9 Å². The summed E-state index contributed by atoms with van der Waals surface area (Å²) in [6.45, 7) is 6.92. The zero-order chi connectivity index (χ0) is 21.0. The Bertz CT molecular complexity index is 766. The summed E-state index contributed by atoms with van der Waals surface area (Å²) < 4.78 is 21.0. The highest BCUT2D eigenvalue weighted by Crippen LogP contribution is 2.27. The fourth-order valence-corrected chi connectivity index (χ4v) is 3.80. The van der Waals surface area contributed by atoms with Crippen molar-refractivity contribution in [1.29, 1.82) is 0 Å². The van der Waals surface area contributed by atoms with Crippen molar-refractivity contribution in [3.05, 3.63) is 41.1 Å². The van der Waals surface area contributed by atoms with Crippen LogP contribution in [-0.4, -0.2) is 69.7 Å². The largest absolute Gasteiger partial charge is 0.466 e. The molecule has 0 spiro atoms. The number of nitrogens with zero attached hydrogens (tertiary/aromatic N) is 2. The van der Waals surface area contributed by atoms with Crippen LogP contribution in [-0.2, 0) is 35.1 Å². The van der Waals surface area contributed by atoms with Crippen molar-refractivity contribution in [2.75, 3.05) is 45.5 Å². The van der Waals surface area contributed by atoms with Crippen LogP contribution in [0.1, 0.15) is 19.4 Å². The van der Waals surface area contributed by atoms with Gasteiger partial charge >= 0.3 is 11.9 Å². The van der Waals surface area contributed by atoms with Gasteiger partial charge in [-0.25, -0.2) is 9.59 Å². The lowest BCUT2D eigenvalue weighted by Crippen LogP contribution is -2.44. The summed E-state index contributed by atoms with van der Waals surface area (Å²) in [5.41, 5.74) is 2.18. The molecule has 2 atom stereocenters. The summed E-state index contributed by atoms with van der Waals surface area (Å²) in [7, 11) is 2.55. The second kappa shape index (κ2) is 9.39. The third-order valence-electron chi connectivity index (χ3n) is 4.98. The molecule has 29 heavy (non-hydrogen) atoms. The number of esters is 2. The predicted octanol–water partition coefficient (Wildman–Crippen LogP) is 1.69. The van der Waals surface area contributed by atoms with E-state index in [9.17, 15) is 9.59 Å². The van der Waals surface area contributed by atoms with Crippen LogP contribution in [0.5, 0.6) is 0 Å². The molecule has 0 amide bonds. The van der Waals surface area contributed by atoms with Gasteiger partial charge in [-0.05, 0) is 31.5 Å². The number of carbonyl (C=O) groups is 2. The molecule has 1 aromatic rings. The zero-order valence-electron chi connectivity index (χ0n) is 17.3. The molecule has 0 bridgehead atoms. The molecular weight excluding hydrogens is 376 g/mol. The number of anilines is 1. The highest BCUT2D eigenvalue weighted by molar-refractivity contribution is 6.03. The molecule has 1 aromatic carbocycles. The maximum atomic E-state index is 12.4. The van der Waals surface area contributed by atoms with Crippen LogP contribution < -0.4 is 4.90 Å². The van der Waals surface area contributed by atoms with E-state index in [1.165, 1.54) is 14.2 Å². The minimum Gasteiger partial charge on any atom is -0.466 e.